The lowest BCUT2D eigenvalue weighted by molar-refractivity contribution is -0.147. The van der Waals surface area contributed by atoms with E-state index in [0.29, 0.717) is 13.2 Å². The molecule has 2 aliphatic heterocycles. The van der Waals surface area contributed by atoms with Crippen LogP contribution in [0.4, 0.5) is 0 Å². The van der Waals surface area contributed by atoms with Crippen molar-refractivity contribution in [3.63, 3.8) is 0 Å². The number of carbonyl (C=O) groups is 1. The lowest BCUT2D eigenvalue weighted by atomic mass is 10.0. The maximum atomic E-state index is 12.8. The average molecular weight is 306 g/mol. The summed E-state index contributed by atoms with van der Waals surface area (Å²) in [6.45, 7) is 4.98. The summed E-state index contributed by atoms with van der Waals surface area (Å²) in [5, 5.41) is 3.24. The Bertz CT molecular complexity index is 486. The van der Waals surface area contributed by atoms with Gasteiger partial charge in [-0.25, -0.2) is 0 Å². The van der Waals surface area contributed by atoms with E-state index in [2.05, 4.69) is 36.5 Å². The Morgan fingerprint density at radius 2 is 2.19 bits per heavy atom. The summed E-state index contributed by atoms with van der Waals surface area (Å²) in [6.07, 6.45) is -0.324. The van der Waals surface area contributed by atoms with Gasteiger partial charge in [0.1, 0.15) is 6.10 Å². The van der Waals surface area contributed by atoms with Crippen molar-refractivity contribution in [2.45, 2.75) is 19.1 Å². The zero-order chi connectivity index (χ0) is 14.7. The van der Waals surface area contributed by atoms with Crippen molar-refractivity contribution in [1.29, 1.82) is 0 Å². The lowest BCUT2D eigenvalue weighted by Crippen LogP contribution is -2.52. The van der Waals surface area contributed by atoms with E-state index in [9.17, 15) is 4.79 Å². The number of amides is 1. The third-order valence-corrected chi connectivity index (χ3v) is 5.10. The van der Waals surface area contributed by atoms with Crippen LogP contribution in [0.3, 0.4) is 0 Å². The molecule has 2 heterocycles. The molecule has 0 radical (unpaired) electrons. The topological polar surface area (TPSA) is 41.6 Å². The van der Waals surface area contributed by atoms with Gasteiger partial charge in [0.15, 0.2) is 0 Å². The van der Waals surface area contributed by atoms with Gasteiger partial charge in [0, 0.05) is 31.1 Å². The van der Waals surface area contributed by atoms with E-state index in [-0.39, 0.29) is 18.1 Å². The lowest BCUT2D eigenvalue weighted by Gasteiger charge is -2.38. The van der Waals surface area contributed by atoms with Gasteiger partial charge in [0.05, 0.1) is 12.6 Å². The number of hydrogen-bond acceptors (Lipinski definition) is 4. The minimum Gasteiger partial charge on any atom is -0.366 e. The highest BCUT2D eigenvalue weighted by Gasteiger charge is 2.33. The molecule has 21 heavy (non-hydrogen) atoms. The smallest absolute Gasteiger partial charge is 0.253 e. The van der Waals surface area contributed by atoms with E-state index in [1.165, 1.54) is 11.1 Å². The van der Waals surface area contributed by atoms with Crippen LogP contribution in [0, 0.1) is 6.92 Å². The monoisotopic (exact) mass is 306 g/mol. The molecule has 1 N–H and O–H groups in total. The van der Waals surface area contributed by atoms with E-state index in [4.69, 9.17) is 4.74 Å². The second-order valence-corrected chi connectivity index (χ2v) is 6.75. The van der Waals surface area contributed by atoms with Crippen molar-refractivity contribution in [2.24, 2.45) is 0 Å². The predicted octanol–water partition coefficient (Wildman–Crippen LogP) is 1.60. The number of thioether (sulfide) groups is 1. The van der Waals surface area contributed by atoms with Crippen LogP contribution < -0.4 is 5.32 Å². The first-order valence-electron chi connectivity index (χ1n) is 7.53. The highest BCUT2D eigenvalue weighted by atomic mass is 32.2. The van der Waals surface area contributed by atoms with Gasteiger partial charge in [-0.15, -0.1) is 0 Å². The maximum absolute atomic E-state index is 12.8. The Balaban J connectivity index is 1.77. The number of nitrogens with zero attached hydrogens (tertiary/aromatic N) is 1. The molecule has 1 aromatic carbocycles. The molecule has 0 aliphatic carbocycles. The van der Waals surface area contributed by atoms with Gasteiger partial charge in [-0.1, -0.05) is 29.8 Å². The Labute approximate surface area is 130 Å². The van der Waals surface area contributed by atoms with Crippen molar-refractivity contribution in [2.75, 3.05) is 37.7 Å². The number of rotatable bonds is 2. The molecule has 2 fully saturated rings. The molecule has 2 aliphatic rings. The van der Waals surface area contributed by atoms with E-state index < -0.39 is 0 Å². The normalized spacial score (nSPS) is 26.6. The SMILES string of the molecule is Cc1ccc(C2CSCCN2C(=O)C2CNCCO2)cc1. The van der Waals surface area contributed by atoms with Gasteiger partial charge in [-0.3, -0.25) is 4.79 Å². The third kappa shape index (κ3) is 3.42. The molecule has 0 bridgehead atoms. The number of hydrogen-bond donors (Lipinski definition) is 1. The third-order valence-electron chi connectivity index (χ3n) is 4.08. The molecule has 2 saturated heterocycles. The largest absolute Gasteiger partial charge is 0.366 e. The van der Waals surface area contributed by atoms with Gasteiger partial charge in [0.25, 0.3) is 5.91 Å². The number of benzene rings is 1. The van der Waals surface area contributed by atoms with E-state index in [0.717, 1.165) is 24.6 Å². The summed E-state index contributed by atoms with van der Waals surface area (Å²) < 4.78 is 5.64. The molecule has 2 unspecified atom stereocenters. The number of nitrogens with one attached hydrogen (secondary N) is 1. The van der Waals surface area contributed by atoms with Crippen molar-refractivity contribution >= 4 is 17.7 Å². The van der Waals surface area contributed by atoms with Gasteiger partial charge >= 0.3 is 0 Å². The molecular weight excluding hydrogens is 284 g/mol. The number of aryl methyl sites for hydroxylation is 1. The number of morpholine rings is 1. The molecule has 114 valence electrons. The van der Waals surface area contributed by atoms with E-state index in [1.807, 2.05) is 16.7 Å². The predicted molar refractivity (Wildman–Crippen MR) is 85.6 cm³/mol. The molecular formula is C16H22N2O2S. The second-order valence-electron chi connectivity index (χ2n) is 5.60. The Kier molecular flexibility index (Phi) is 4.83. The molecule has 0 saturated carbocycles. The zero-order valence-corrected chi connectivity index (χ0v) is 13.2. The minimum absolute atomic E-state index is 0.132. The van der Waals surface area contributed by atoms with Crippen molar-refractivity contribution in [3.8, 4) is 0 Å². The van der Waals surface area contributed by atoms with Crippen LogP contribution in [0.2, 0.25) is 0 Å². The maximum Gasteiger partial charge on any atom is 0.253 e. The van der Waals surface area contributed by atoms with E-state index >= 15 is 0 Å². The highest BCUT2D eigenvalue weighted by molar-refractivity contribution is 7.99. The average Bonchev–Trinajstić information content (AvgIpc) is 2.56. The molecule has 3 rings (SSSR count). The van der Waals surface area contributed by atoms with Crippen LogP contribution >= 0.6 is 11.8 Å². The van der Waals surface area contributed by atoms with Crippen LogP contribution in [0.1, 0.15) is 17.2 Å². The Morgan fingerprint density at radius 3 is 2.90 bits per heavy atom. The van der Waals surface area contributed by atoms with Gasteiger partial charge < -0.3 is 15.0 Å². The van der Waals surface area contributed by atoms with Crippen molar-refractivity contribution < 1.29 is 9.53 Å². The molecule has 0 aromatic heterocycles. The van der Waals surface area contributed by atoms with E-state index in [1.54, 1.807) is 0 Å². The van der Waals surface area contributed by atoms with Crippen LogP contribution in [0.5, 0.6) is 0 Å². The Hall–Kier alpha value is -1.04. The minimum atomic E-state index is -0.324. The molecule has 0 spiro atoms. The summed E-state index contributed by atoms with van der Waals surface area (Å²) in [5.74, 6) is 2.11. The van der Waals surface area contributed by atoms with Gasteiger partial charge in [0.2, 0.25) is 0 Å². The first-order valence-corrected chi connectivity index (χ1v) is 8.68. The molecule has 4 nitrogen and oxygen atoms in total. The van der Waals surface area contributed by atoms with Crippen LogP contribution in [0.25, 0.3) is 0 Å². The summed E-state index contributed by atoms with van der Waals surface area (Å²) in [7, 11) is 0. The summed E-state index contributed by atoms with van der Waals surface area (Å²) in [6, 6.07) is 8.70. The highest BCUT2D eigenvalue weighted by Crippen LogP contribution is 2.30. The number of carbonyl (C=O) groups excluding carboxylic acids is 1. The summed E-state index contributed by atoms with van der Waals surface area (Å²) in [4.78, 5) is 14.8. The summed E-state index contributed by atoms with van der Waals surface area (Å²) in [5.41, 5.74) is 2.48. The second kappa shape index (κ2) is 6.81. The van der Waals surface area contributed by atoms with Crippen molar-refractivity contribution in [3.05, 3.63) is 35.4 Å². The molecule has 1 aromatic rings. The van der Waals surface area contributed by atoms with Crippen LogP contribution in [0.15, 0.2) is 24.3 Å². The molecule has 2 atom stereocenters. The first kappa shape index (κ1) is 14.9. The fourth-order valence-corrected chi connectivity index (χ4v) is 3.93. The van der Waals surface area contributed by atoms with Crippen molar-refractivity contribution in [1.82, 2.24) is 10.2 Å². The quantitative estimate of drug-likeness (QED) is 0.901. The first-order chi connectivity index (χ1) is 10.3. The zero-order valence-electron chi connectivity index (χ0n) is 12.4. The molecule has 5 heteroatoms. The van der Waals surface area contributed by atoms with Gasteiger partial charge in [-0.05, 0) is 12.5 Å². The molecule has 1 amide bonds. The fraction of sp³-hybridized carbons (Fsp3) is 0.562. The summed E-state index contributed by atoms with van der Waals surface area (Å²) >= 11 is 1.92. The van der Waals surface area contributed by atoms with Crippen LogP contribution in [-0.2, 0) is 9.53 Å². The number of ether oxygens (including phenoxy) is 1. The standard InChI is InChI=1S/C16H22N2O2S/c1-12-2-4-13(5-3-12)14-11-21-9-7-18(14)16(19)15-10-17-6-8-20-15/h2-5,14-15,17H,6-11H2,1H3. The fourth-order valence-electron chi connectivity index (χ4n) is 2.84. The Morgan fingerprint density at radius 1 is 1.38 bits per heavy atom. The van der Waals surface area contributed by atoms with Gasteiger partial charge in [-0.2, -0.15) is 11.8 Å². The van der Waals surface area contributed by atoms with Crippen LogP contribution in [-0.4, -0.2) is 54.7 Å².